The van der Waals surface area contributed by atoms with Crippen LogP contribution < -0.4 is 20.9 Å². The van der Waals surface area contributed by atoms with Crippen molar-refractivity contribution >= 4 is 0 Å². The number of benzene rings is 1. The van der Waals surface area contributed by atoms with E-state index >= 15 is 0 Å². The zero-order valence-corrected chi connectivity index (χ0v) is 12.7. The molecule has 126 valence electrons. The second kappa shape index (κ2) is 9.55. The Kier molecular flexibility index (Phi) is 8.08. The van der Waals surface area contributed by atoms with E-state index in [-0.39, 0.29) is 18.1 Å². The minimum atomic E-state index is -2.99. The van der Waals surface area contributed by atoms with Crippen LogP contribution in [0.4, 0.5) is 8.78 Å². The summed E-state index contributed by atoms with van der Waals surface area (Å²) in [6.07, 6.45) is 1.50. The maximum Gasteiger partial charge on any atom is 0.387 e. The average molecular weight is 318 g/mol. The molecule has 5 nitrogen and oxygen atoms in total. The first-order valence-corrected chi connectivity index (χ1v) is 7.28. The molecule has 7 heteroatoms. The molecule has 0 heterocycles. The molecule has 0 spiro atoms. The van der Waals surface area contributed by atoms with E-state index in [1.165, 1.54) is 0 Å². The number of aliphatic hydroxyl groups is 1. The van der Waals surface area contributed by atoms with Gasteiger partial charge in [0.15, 0.2) is 11.5 Å². The normalized spacial score (nSPS) is 14.0. The molecule has 0 fully saturated rings. The van der Waals surface area contributed by atoms with Crippen LogP contribution in [0.5, 0.6) is 11.5 Å². The third kappa shape index (κ3) is 5.40. The van der Waals surface area contributed by atoms with Gasteiger partial charge in [0.25, 0.3) is 0 Å². The summed E-state index contributed by atoms with van der Waals surface area (Å²) in [5, 5.41) is 9.47. The van der Waals surface area contributed by atoms with Crippen molar-refractivity contribution in [2.75, 3.05) is 19.8 Å². The number of unbranched alkanes of at least 4 members (excludes halogenated alkanes) is 1. The summed E-state index contributed by atoms with van der Waals surface area (Å²) in [6, 6.07) is 4.41. The van der Waals surface area contributed by atoms with Crippen LogP contribution in [0.1, 0.15) is 31.2 Å². The molecule has 5 N–H and O–H groups in total. The first-order chi connectivity index (χ1) is 10.5. The highest BCUT2D eigenvalue weighted by atomic mass is 19.3. The maximum atomic E-state index is 12.7. The summed E-state index contributed by atoms with van der Waals surface area (Å²) in [5.74, 6) is -0.364. The van der Waals surface area contributed by atoms with Crippen LogP contribution in [0.3, 0.4) is 0 Å². The maximum absolute atomic E-state index is 12.7. The van der Waals surface area contributed by atoms with Crippen LogP contribution in [0, 0.1) is 0 Å². The summed E-state index contributed by atoms with van der Waals surface area (Å²) in [5.41, 5.74) is 11.6. The van der Waals surface area contributed by atoms with Crippen LogP contribution in [0.25, 0.3) is 0 Å². The Bertz CT molecular complexity index is 445. The van der Waals surface area contributed by atoms with Crippen LogP contribution in [-0.4, -0.2) is 37.5 Å². The Morgan fingerprint density at radius 1 is 1.27 bits per heavy atom. The molecule has 1 aromatic rings. The number of hydrogen-bond acceptors (Lipinski definition) is 5. The van der Waals surface area contributed by atoms with Gasteiger partial charge >= 0.3 is 6.61 Å². The number of ether oxygens (including phenoxy) is 2. The van der Waals surface area contributed by atoms with E-state index in [1.807, 2.05) is 0 Å². The molecule has 2 atom stereocenters. The van der Waals surface area contributed by atoms with E-state index in [4.69, 9.17) is 16.2 Å². The molecule has 0 aliphatic carbocycles. The van der Waals surface area contributed by atoms with E-state index in [9.17, 15) is 13.9 Å². The third-order valence-corrected chi connectivity index (χ3v) is 3.30. The second-order valence-electron chi connectivity index (χ2n) is 5.05. The molecule has 0 saturated carbocycles. The van der Waals surface area contributed by atoms with Crippen LogP contribution >= 0.6 is 0 Å². The lowest BCUT2D eigenvalue weighted by atomic mass is 9.92. The molecule has 22 heavy (non-hydrogen) atoms. The molecule has 1 rings (SSSR count). The van der Waals surface area contributed by atoms with E-state index < -0.39 is 18.6 Å². The fraction of sp³-hybridized carbons (Fsp3) is 0.600. The molecule has 0 radical (unpaired) electrons. The van der Waals surface area contributed by atoms with Crippen molar-refractivity contribution in [3.05, 3.63) is 23.8 Å². The molecule has 0 bridgehead atoms. The standard InChI is InChI=1S/C15H24F2N2O3/c1-10(19)12(9-20)11-5-4-6-13(14(11)22-15(16)17)21-8-3-2-7-18/h4-6,10,12,15,20H,2-3,7-9,18-19H2,1H3/t10-,12+/m0/s1. The van der Waals surface area contributed by atoms with Gasteiger partial charge in [0.2, 0.25) is 0 Å². The topological polar surface area (TPSA) is 90.7 Å². The van der Waals surface area contributed by atoms with Crippen molar-refractivity contribution in [2.24, 2.45) is 11.5 Å². The van der Waals surface area contributed by atoms with Gasteiger partial charge in [0, 0.05) is 17.5 Å². The van der Waals surface area contributed by atoms with E-state index in [0.717, 1.165) is 6.42 Å². The van der Waals surface area contributed by atoms with Gasteiger partial charge in [0.05, 0.1) is 13.2 Å². The number of alkyl halides is 2. The Hall–Kier alpha value is -1.44. The van der Waals surface area contributed by atoms with Gasteiger partial charge in [-0.1, -0.05) is 12.1 Å². The largest absolute Gasteiger partial charge is 0.490 e. The molecule has 0 saturated heterocycles. The first kappa shape index (κ1) is 18.6. The highest BCUT2D eigenvalue weighted by Crippen LogP contribution is 2.37. The molecule has 0 aromatic heterocycles. The van der Waals surface area contributed by atoms with Gasteiger partial charge < -0.3 is 26.0 Å². The molecule has 0 unspecified atom stereocenters. The Morgan fingerprint density at radius 3 is 2.55 bits per heavy atom. The summed E-state index contributed by atoms with van der Waals surface area (Å²) < 4.78 is 35.5. The summed E-state index contributed by atoms with van der Waals surface area (Å²) in [4.78, 5) is 0. The zero-order valence-electron chi connectivity index (χ0n) is 12.7. The first-order valence-electron chi connectivity index (χ1n) is 7.28. The Balaban J connectivity index is 3.04. The van der Waals surface area contributed by atoms with Crippen molar-refractivity contribution in [1.82, 2.24) is 0 Å². The second-order valence-corrected chi connectivity index (χ2v) is 5.05. The number of para-hydroxylation sites is 1. The number of nitrogens with two attached hydrogens (primary N) is 2. The van der Waals surface area contributed by atoms with Crippen molar-refractivity contribution < 1.29 is 23.4 Å². The van der Waals surface area contributed by atoms with Gasteiger partial charge in [0.1, 0.15) is 0 Å². The van der Waals surface area contributed by atoms with Crippen LogP contribution in [0.2, 0.25) is 0 Å². The van der Waals surface area contributed by atoms with Crippen molar-refractivity contribution in [3.63, 3.8) is 0 Å². The monoisotopic (exact) mass is 318 g/mol. The summed E-state index contributed by atoms with van der Waals surface area (Å²) >= 11 is 0. The molecule has 0 aliphatic rings. The molecule has 0 aliphatic heterocycles. The lowest BCUT2D eigenvalue weighted by Gasteiger charge is -2.23. The van der Waals surface area contributed by atoms with E-state index in [0.29, 0.717) is 25.1 Å². The highest BCUT2D eigenvalue weighted by molar-refractivity contribution is 5.49. The highest BCUT2D eigenvalue weighted by Gasteiger charge is 2.24. The minimum Gasteiger partial charge on any atom is -0.490 e. The quantitative estimate of drug-likeness (QED) is 0.573. The zero-order chi connectivity index (χ0) is 16.5. The van der Waals surface area contributed by atoms with Gasteiger partial charge in [-0.05, 0) is 32.4 Å². The SMILES string of the molecule is C[C@H](N)[C@@H](CO)c1cccc(OCCCCN)c1OC(F)F. The number of halogens is 2. The minimum absolute atomic E-state index is 0.0680. The lowest BCUT2D eigenvalue weighted by molar-refractivity contribution is -0.0525. The fourth-order valence-corrected chi connectivity index (χ4v) is 2.13. The van der Waals surface area contributed by atoms with Crippen LogP contribution in [-0.2, 0) is 0 Å². The number of hydrogen-bond donors (Lipinski definition) is 3. The van der Waals surface area contributed by atoms with Gasteiger partial charge in [-0.2, -0.15) is 8.78 Å². The lowest BCUT2D eigenvalue weighted by Crippen LogP contribution is -2.28. The molecular formula is C15H24F2N2O3. The Labute approximate surface area is 129 Å². The summed E-state index contributed by atoms with van der Waals surface area (Å²) in [7, 11) is 0. The van der Waals surface area contributed by atoms with Crippen molar-refractivity contribution in [2.45, 2.75) is 38.3 Å². The van der Waals surface area contributed by atoms with Gasteiger partial charge in [-0.3, -0.25) is 0 Å². The number of aliphatic hydroxyl groups excluding tert-OH is 1. The smallest absolute Gasteiger partial charge is 0.387 e. The summed E-state index contributed by atoms with van der Waals surface area (Å²) in [6.45, 7) is -0.668. The van der Waals surface area contributed by atoms with E-state index in [1.54, 1.807) is 25.1 Å². The average Bonchev–Trinajstić information content (AvgIpc) is 2.46. The predicted molar refractivity (Wildman–Crippen MR) is 80.3 cm³/mol. The number of rotatable bonds is 10. The van der Waals surface area contributed by atoms with Crippen molar-refractivity contribution in [1.29, 1.82) is 0 Å². The third-order valence-electron chi connectivity index (χ3n) is 3.30. The van der Waals surface area contributed by atoms with Crippen molar-refractivity contribution in [3.8, 4) is 11.5 Å². The fourth-order valence-electron chi connectivity index (χ4n) is 2.13. The van der Waals surface area contributed by atoms with Gasteiger partial charge in [-0.25, -0.2) is 0 Å². The Morgan fingerprint density at radius 2 is 2.00 bits per heavy atom. The predicted octanol–water partition coefficient (Wildman–Crippen LogP) is 1.83. The van der Waals surface area contributed by atoms with E-state index in [2.05, 4.69) is 4.74 Å². The molecule has 1 aromatic carbocycles. The molecule has 0 amide bonds. The molecular weight excluding hydrogens is 294 g/mol. The van der Waals surface area contributed by atoms with Crippen LogP contribution in [0.15, 0.2) is 18.2 Å². The van der Waals surface area contributed by atoms with Gasteiger partial charge in [-0.15, -0.1) is 0 Å².